The Kier molecular flexibility index (Phi) is 4.84. The monoisotopic (exact) mass is 207 g/mol. The lowest BCUT2D eigenvalue weighted by atomic mass is 10.1. The van der Waals surface area contributed by atoms with E-state index in [-0.39, 0.29) is 0 Å². The quantitative estimate of drug-likeness (QED) is 0.689. The topological polar surface area (TPSA) is 63.3 Å². The van der Waals surface area contributed by atoms with Crippen molar-refractivity contribution in [2.75, 3.05) is 0 Å². The van der Waals surface area contributed by atoms with E-state index in [0.717, 1.165) is 19.3 Å². The van der Waals surface area contributed by atoms with Gasteiger partial charge in [-0.25, -0.2) is 0 Å². The van der Waals surface area contributed by atoms with Gasteiger partial charge in [-0.05, 0) is 24.8 Å². The zero-order valence-electron chi connectivity index (χ0n) is 8.73. The van der Waals surface area contributed by atoms with Crippen LogP contribution in [0.4, 0.5) is 0 Å². The van der Waals surface area contributed by atoms with Crippen molar-refractivity contribution >= 4 is 5.91 Å². The number of aliphatic hydroxyl groups is 1. The van der Waals surface area contributed by atoms with Crippen LogP contribution in [0.3, 0.4) is 0 Å². The van der Waals surface area contributed by atoms with Gasteiger partial charge in [-0.3, -0.25) is 4.79 Å². The maximum absolute atomic E-state index is 10.5. The van der Waals surface area contributed by atoms with Crippen LogP contribution in [0.25, 0.3) is 0 Å². The Hall–Kier alpha value is -1.35. The van der Waals surface area contributed by atoms with Crippen molar-refractivity contribution in [1.29, 1.82) is 0 Å². The fourth-order valence-corrected chi connectivity index (χ4v) is 1.45. The molecule has 0 aliphatic carbocycles. The average molecular weight is 207 g/mol. The molecule has 0 radical (unpaired) electrons. The number of nitrogens with two attached hydrogens (primary N) is 1. The fourth-order valence-electron chi connectivity index (χ4n) is 1.45. The smallest absolute Gasteiger partial charge is 0.246 e. The number of carbonyl (C=O) groups excluding carboxylic acids is 1. The maximum Gasteiger partial charge on any atom is 0.246 e. The molecule has 3 N–H and O–H groups in total. The second kappa shape index (κ2) is 6.19. The van der Waals surface area contributed by atoms with Crippen LogP contribution in [0.1, 0.15) is 24.8 Å². The molecule has 1 atom stereocenters. The van der Waals surface area contributed by atoms with Gasteiger partial charge in [-0.2, -0.15) is 0 Å². The molecule has 0 aliphatic heterocycles. The third-order valence-corrected chi connectivity index (χ3v) is 2.36. The summed E-state index contributed by atoms with van der Waals surface area (Å²) in [5.41, 5.74) is 6.22. The molecule has 0 fully saturated rings. The van der Waals surface area contributed by atoms with Gasteiger partial charge in [0, 0.05) is 0 Å². The first-order chi connectivity index (χ1) is 7.20. The third-order valence-electron chi connectivity index (χ3n) is 2.36. The number of carbonyl (C=O) groups is 1. The summed E-state index contributed by atoms with van der Waals surface area (Å²) in [6.07, 6.45) is 2.24. The Balaban J connectivity index is 2.15. The summed E-state index contributed by atoms with van der Waals surface area (Å²) in [6.45, 7) is 0. The largest absolute Gasteiger partial charge is 0.383 e. The number of hydrogen-bond acceptors (Lipinski definition) is 2. The van der Waals surface area contributed by atoms with Gasteiger partial charge in [0.25, 0.3) is 0 Å². The molecule has 0 saturated carbocycles. The average Bonchev–Trinajstić information content (AvgIpc) is 2.25. The lowest BCUT2D eigenvalue weighted by Gasteiger charge is -2.05. The van der Waals surface area contributed by atoms with E-state index < -0.39 is 12.0 Å². The standard InChI is InChI=1S/C12H17NO2/c13-12(15)11(14)9-5-4-8-10-6-2-1-3-7-10/h1-3,6-7,11,14H,4-5,8-9H2,(H2,13,15). The summed E-state index contributed by atoms with van der Waals surface area (Å²) in [4.78, 5) is 10.5. The zero-order valence-corrected chi connectivity index (χ0v) is 8.73. The van der Waals surface area contributed by atoms with Gasteiger partial charge in [-0.15, -0.1) is 0 Å². The minimum Gasteiger partial charge on any atom is -0.383 e. The van der Waals surface area contributed by atoms with Gasteiger partial charge in [0.1, 0.15) is 6.10 Å². The molecule has 0 aliphatic rings. The van der Waals surface area contributed by atoms with Crippen molar-refractivity contribution in [3.8, 4) is 0 Å². The predicted molar refractivity (Wildman–Crippen MR) is 59.2 cm³/mol. The number of rotatable bonds is 6. The zero-order chi connectivity index (χ0) is 11.1. The molecule has 1 amide bonds. The van der Waals surface area contributed by atoms with Crippen molar-refractivity contribution < 1.29 is 9.90 Å². The van der Waals surface area contributed by atoms with Crippen molar-refractivity contribution in [3.05, 3.63) is 35.9 Å². The first-order valence-electron chi connectivity index (χ1n) is 5.21. The van der Waals surface area contributed by atoms with Gasteiger partial charge in [0.15, 0.2) is 0 Å². The number of amides is 1. The highest BCUT2D eigenvalue weighted by atomic mass is 16.3. The van der Waals surface area contributed by atoms with E-state index in [1.54, 1.807) is 0 Å². The summed E-state index contributed by atoms with van der Waals surface area (Å²) < 4.78 is 0. The molecule has 3 heteroatoms. The molecule has 0 saturated heterocycles. The normalized spacial score (nSPS) is 12.3. The minimum absolute atomic E-state index is 0.460. The van der Waals surface area contributed by atoms with E-state index in [0.29, 0.717) is 6.42 Å². The van der Waals surface area contributed by atoms with Gasteiger partial charge in [0.2, 0.25) is 5.91 Å². The molecule has 1 aromatic rings. The number of hydrogen-bond donors (Lipinski definition) is 2. The highest BCUT2D eigenvalue weighted by Gasteiger charge is 2.09. The van der Waals surface area contributed by atoms with Gasteiger partial charge < -0.3 is 10.8 Å². The lowest BCUT2D eigenvalue weighted by Crippen LogP contribution is -2.27. The van der Waals surface area contributed by atoms with Gasteiger partial charge in [-0.1, -0.05) is 36.8 Å². The predicted octanol–water partition coefficient (Wildman–Crippen LogP) is 1.25. The Labute approximate surface area is 89.9 Å². The molecule has 1 rings (SSSR count). The molecule has 3 nitrogen and oxygen atoms in total. The van der Waals surface area contributed by atoms with E-state index in [4.69, 9.17) is 10.8 Å². The molecule has 0 aromatic heterocycles. The number of unbranched alkanes of at least 4 members (excludes halogenated alkanes) is 1. The Morgan fingerprint density at radius 1 is 1.27 bits per heavy atom. The summed E-state index contributed by atoms with van der Waals surface area (Å²) in [5.74, 6) is -0.630. The van der Waals surface area contributed by atoms with Crippen LogP contribution in [0.2, 0.25) is 0 Å². The van der Waals surface area contributed by atoms with Crippen molar-refractivity contribution in [3.63, 3.8) is 0 Å². The highest BCUT2D eigenvalue weighted by Crippen LogP contribution is 2.07. The molecule has 0 spiro atoms. The lowest BCUT2D eigenvalue weighted by molar-refractivity contribution is -0.126. The van der Waals surface area contributed by atoms with Crippen LogP contribution < -0.4 is 5.73 Å². The van der Waals surface area contributed by atoms with Crippen LogP contribution in [0.15, 0.2) is 30.3 Å². The Morgan fingerprint density at radius 2 is 1.93 bits per heavy atom. The second-order valence-electron chi connectivity index (χ2n) is 3.65. The van der Waals surface area contributed by atoms with E-state index in [1.807, 2.05) is 18.2 Å². The van der Waals surface area contributed by atoms with Crippen molar-refractivity contribution in [1.82, 2.24) is 0 Å². The van der Waals surface area contributed by atoms with E-state index in [9.17, 15) is 4.79 Å². The van der Waals surface area contributed by atoms with E-state index in [2.05, 4.69) is 12.1 Å². The number of aliphatic hydroxyl groups excluding tert-OH is 1. The summed E-state index contributed by atoms with van der Waals surface area (Å²) in [5, 5.41) is 9.15. The van der Waals surface area contributed by atoms with Crippen LogP contribution in [0.5, 0.6) is 0 Å². The highest BCUT2D eigenvalue weighted by molar-refractivity contribution is 5.78. The molecule has 15 heavy (non-hydrogen) atoms. The molecule has 0 bridgehead atoms. The molecular formula is C12H17NO2. The second-order valence-corrected chi connectivity index (χ2v) is 3.65. The van der Waals surface area contributed by atoms with Gasteiger partial charge in [0.05, 0.1) is 0 Å². The van der Waals surface area contributed by atoms with Crippen molar-refractivity contribution in [2.45, 2.75) is 31.8 Å². The van der Waals surface area contributed by atoms with Crippen LogP contribution >= 0.6 is 0 Å². The van der Waals surface area contributed by atoms with Crippen LogP contribution in [0, 0.1) is 0 Å². The first kappa shape index (κ1) is 11.7. The van der Waals surface area contributed by atoms with Crippen molar-refractivity contribution in [2.24, 2.45) is 5.73 Å². The van der Waals surface area contributed by atoms with Crippen LogP contribution in [-0.4, -0.2) is 17.1 Å². The number of benzene rings is 1. The number of aryl methyl sites for hydroxylation is 1. The van der Waals surface area contributed by atoms with E-state index in [1.165, 1.54) is 5.56 Å². The summed E-state index contributed by atoms with van der Waals surface area (Å²) >= 11 is 0. The summed E-state index contributed by atoms with van der Waals surface area (Å²) in [6, 6.07) is 10.1. The molecule has 1 aromatic carbocycles. The van der Waals surface area contributed by atoms with Gasteiger partial charge >= 0.3 is 0 Å². The minimum atomic E-state index is -0.985. The first-order valence-corrected chi connectivity index (χ1v) is 5.21. The molecule has 82 valence electrons. The Morgan fingerprint density at radius 3 is 2.53 bits per heavy atom. The Bertz CT molecular complexity index is 298. The molecular weight excluding hydrogens is 190 g/mol. The van der Waals surface area contributed by atoms with E-state index >= 15 is 0 Å². The summed E-state index contributed by atoms with van der Waals surface area (Å²) in [7, 11) is 0. The number of primary amides is 1. The van der Waals surface area contributed by atoms with Crippen LogP contribution in [-0.2, 0) is 11.2 Å². The third kappa shape index (κ3) is 4.61. The maximum atomic E-state index is 10.5. The molecule has 1 unspecified atom stereocenters. The SMILES string of the molecule is NC(=O)C(O)CCCCc1ccccc1. The molecule has 0 heterocycles. The fraction of sp³-hybridized carbons (Fsp3) is 0.417.